The van der Waals surface area contributed by atoms with Gasteiger partial charge in [-0.3, -0.25) is 4.90 Å². The third-order valence-corrected chi connectivity index (χ3v) is 8.44. The van der Waals surface area contributed by atoms with Gasteiger partial charge in [-0.15, -0.1) is 11.3 Å². The van der Waals surface area contributed by atoms with Crippen molar-refractivity contribution in [2.45, 2.75) is 23.9 Å². The molecular formula is C24H28FN3O3S2. The maximum Gasteiger partial charge on any atom is 0.240 e. The Morgan fingerprint density at radius 2 is 1.67 bits per heavy atom. The molecule has 1 aliphatic rings. The third kappa shape index (κ3) is 5.55. The van der Waals surface area contributed by atoms with Gasteiger partial charge in [0.1, 0.15) is 11.6 Å². The van der Waals surface area contributed by atoms with Gasteiger partial charge in [-0.1, -0.05) is 6.07 Å². The van der Waals surface area contributed by atoms with Crippen LogP contribution in [0.15, 0.2) is 70.9 Å². The second kappa shape index (κ2) is 10.2. The van der Waals surface area contributed by atoms with Gasteiger partial charge in [-0.2, -0.15) is 0 Å². The van der Waals surface area contributed by atoms with Crippen LogP contribution in [0.4, 0.5) is 10.1 Å². The minimum absolute atomic E-state index is 0.0602. The van der Waals surface area contributed by atoms with Gasteiger partial charge in [0.15, 0.2) is 0 Å². The molecule has 2 aromatic carbocycles. The molecule has 0 bridgehead atoms. The SMILES string of the molecule is COc1ccc(N2CCN([C@H](c3cccs3)[C@@H](C)NS(=O)(=O)c3ccc(F)cc3)CC2)cc1. The number of piperazine rings is 1. The molecule has 1 aliphatic heterocycles. The van der Waals surface area contributed by atoms with Crippen LogP contribution in [0.3, 0.4) is 0 Å². The number of hydrogen-bond donors (Lipinski definition) is 1. The summed E-state index contributed by atoms with van der Waals surface area (Å²) in [5.74, 6) is 0.366. The molecule has 4 rings (SSSR count). The molecule has 1 saturated heterocycles. The zero-order valence-corrected chi connectivity index (χ0v) is 20.3. The smallest absolute Gasteiger partial charge is 0.240 e. The first-order valence-electron chi connectivity index (χ1n) is 10.8. The molecule has 0 spiro atoms. The van der Waals surface area contributed by atoms with Gasteiger partial charge in [0.2, 0.25) is 10.0 Å². The highest BCUT2D eigenvalue weighted by Crippen LogP contribution is 2.31. The van der Waals surface area contributed by atoms with E-state index in [1.54, 1.807) is 18.4 Å². The number of sulfonamides is 1. The van der Waals surface area contributed by atoms with E-state index in [1.165, 1.54) is 12.1 Å². The monoisotopic (exact) mass is 489 g/mol. The van der Waals surface area contributed by atoms with Gasteiger partial charge in [-0.05, 0) is 66.9 Å². The highest BCUT2D eigenvalue weighted by molar-refractivity contribution is 7.89. The molecular weight excluding hydrogens is 461 g/mol. The Balaban J connectivity index is 1.48. The Morgan fingerprint density at radius 3 is 2.24 bits per heavy atom. The molecule has 2 atom stereocenters. The maximum absolute atomic E-state index is 13.3. The lowest BCUT2D eigenvalue weighted by Crippen LogP contribution is -2.52. The van der Waals surface area contributed by atoms with Gasteiger partial charge >= 0.3 is 0 Å². The van der Waals surface area contributed by atoms with Gasteiger partial charge in [-0.25, -0.2) is 17.5 Å². The van der Waals surface area contributed by atoms with Crippen molar-refractivity contribution in [1.82, 2.24) is 9.62 Å². The third-order valence-electron chi connectivity index (χ3n) is 5.92. The van der Waals surface area contributed by atoms with Crippen molar-refractivity contribution in [3.05, 3.63) is 76.7 Å². The Labute approximate surface area is 198 Å². The number of hydrogen-bond acceptors (Lipinski definition) is 6. The van der Waals surface area contributed by atoms with E-state index in [0.717, 1.165) is 54.6 Å². The van der Waals surface area contributed by atoms with Crippen molar-refractivity contribution in [3.8, 4) is 5.75 Å². The molecule has 0 unspecified atom stereocenters. The first kappa shape index (κ1) is 23.7. The van der Waals surface area contributed by atoms with Crippen molar-refractivity contribution >= 4 is 27.0 Å². The minimum atomic E-state index is -3.77. The van der Waals surface area contributed by atoms with Crippen LogP contribution in [0.2, 0.25) is 0 Å². The van der Waals surface area contributed by atoms with E-state index in [2.05, 4.69) is 26.7 Å². The second-order valence-corrected chi connectivity index (χ2v) is 10.7. The number of anilines is 1. The lowest BCUT2D eigenvalue weighted by atomic mass is 10.1. The van der Waals surface area contributed by atoms with E-state index in [4.69, 9.17) is 4.74 Å². The predicted octanol–water partition coefficient (Wildman–Crippen LogP) is 4.13. The highest BCUT2D eigenvalue weighted by Gasteiger charge is 2.32. The van der Waals surface area contributed by atoms with Gasteiger partial charge in [0.05, 0.1) is 18.0 Å². The zero-order valence-electron chi connectivity index (χ0n) is 18.6. The predicted molar refractivity (Wildman–Crippen MR) is 130 cm³/mol. The summed E-state index contributed by atoms with van der Waals surface area (Å²) in [6.07, 6.45) is 0. The maximum atomic E-state index is 13.3. The summed E-state index contributed by atoms with van der Waals surface area (Å²) in [5, 5.41) is 2.01. The summed E-state index contributed by atoms with van der Waals surface area (Å²) in [6, 6.07) is 16.5. The number of ether oxygens (including phenoxy) is 1. The Bertz CT molecular complexity index is 1130. The van der Waals surface area contributed by atoms with Crippen LogP contribution in [-0.2, 0) is 10.0 Å². The van der Waals surface area contributed by atoms with E-state index in [0.29, 0.717) is 0 Å². The molecule has 1 fully saturated rings. The molecule has 1 N–H and O–H groups in total. The number of thiophene rings is 1. The van der Waals surface area contributed by atoms with E-state index in [-0.39, 0.29) is 17.0 Å². The quantitative estimate of drug-likeness (QED) is 0.516. The highest BCUT2D eigenvalue weighted by atomic mass is 32.2. The molecule has 0 saturated carbocycles. The number of nitrogens with zero attached hydrogens (tertiary/aromatic N) is 2. The van der Waals surface area contributed by atoms with E-state index in [9.17, 15) is 12.8 Å². The lowest BCUT2D eigenvalue weighted by Gasteiger charge is -2.42. The molecule has 0 amide bonds. The molecule has 9 heteroatoms. The van der Waals surface area contributed by atoms with Crippen molar-refractivity contribution in [2.24, 2.45) is 0 Å². The summed E-state index contributed by atoms with van der Waals surface area (Å²) in [6.45, 7) is 5.17. The van der Waals surface area contributed by atoms with Crippen molar-refractivity contribution in [3.63, 3.8) is 0 Å². The van der Waals surface area contributed by atoms with Crippen LogP contribution < -0.4 is 14.4 Å². The Hall–Kier alpha value is -2.46. The fraction of sp³-hybridized carbons (Fsp3) is 0.333. The van der Waals surface area contributed by atoms with Gasteiger partial charge < -0.3 is 9.64 Å². The molecule has 33 heavy (non-hydrogen) atoms. The molecule has 0 aliphatic carbocycles. The second-order valence-electron chi connectivity index (χ2n) is 8.05. The largest absolute Gasteiger partial charge is 0.497 e. The van der Waals surface area contributed by atoms with Gasteiger partial charge in [0.25, 0.3) is 0 Å². The zero-order chi connectivity index (χ0) is 23.4. The summed E-state index contributed by atoms with van der Waals surface area (Å²) in [4.78, 5) is 5.84. The van der Waals surface area contributed by atoms with Crippen LogP contribution >= 0.6 is 11.3 Å². The number of benzene rings is 2. The molecule has 1 aromatic heterocycles. The van der Waals surface area contributed by atoms with E-state index >= 15 is 0 Å². The fourth-order valence-corrected chi connectivity index (χ4v) is 6.46. The fourth-order valence-electron chi connectivity index (χ4n) is 4.24. The van der Waals surface area contributed by atoms with Gasteiger partial charge in [0, 0.05) is 42.8 Å². The number of methoxy groups -OCH3 is 1. The van der Waals surface area contributed by atoms with E-state index < -0.39 is 15.8 Å². The number of rotatable bonds is 8. The Kier molecular flexibility index (Phi) is 7.33. The number of halogens is 1. The average molecular weight is 490 g/mol. The molecule has 6 nitrogen and oxygen atoms in total. The first-order valence-corrected chi connectivity index (χ1v) is 13.2. The standard InChI is InChI=1S/C24H28FN3O3S2/c1-18(26-33(29,30)22-11-5-19(25)6-12-22)24(23-4-3-17-32-23)28-15-13-27(14-16-28)20-7-9-21(31-2)10-8-20/h3-12,17-18,24,26H,13-16H2,1-2H3/t18-,24+/m1/s1. The number of nitrogens with one attached hydrogen (secondary N) is 1. The molecule has 3 aromatic rings. The van der Waals surface area contributed by atoms with Crippen LogP contribution in [0, 0.1) is 5.82 Å². The molecule has 2 heterocycles. The van der Waals surface area contributed by atoms with Crippen LogP contribution in [0.1, 0.15) is 17.8 Å². The topological polar surface area (TPSA) is 61.9 Å². The lowest BCUT2D eigenvalue weighted by molar-refractivity contribution is 0.164. The van der Waals surface area contributed by atoms with E-state index in [1.807, 2.05) is 36.6 Å². The summed E-state index contributed by atoms with van der Waals surface area (Å²) < 4.78 is 47.2. The normalized spacial score (nSPS) is 17.0. The van der Waals surface area contributed by atoms with Crippen LogP contribution in [0.25, 0.3) is 0 Å². The van der Waals surface area contributed by atoms with Crippen LogP contribution in [-0.4, -0.2) is 52.6 Å². The van der Waals surface area contributed by atoms with Crippen molar-refractivity contribution in [1.29, 1.82) is 0 Å². The van der Waals surface area contributed by atoms with Crippen molar-refractivity contribution in [2.75, 3.05) is 38.2 Å². The van der Waals surface area contributed by atoms with Crippen LogP contribution in [0.5, 0.6) is 5.75 Å². The summed E-state index contributed by atoms with van der Waals surface area (Å²) in [5.41, 5.74) is 1.15. The molecule has 176 valence electrons. The first-order chi connectivity index (χ1) is 15.9. The molecule has 0 radical (unpaired) electrons. The summed E-state index contributed by atoms with van der Waals surface area (Å²) >= 11 is 1.62. The minimum Gasteiger partial charge on any atom is -0.497 e. The summed E-state index contributed by atoms with van der Waals surface area (Å²) in [7, 11) is -2.12. The average Bonchev–Trinajstić information content (AvgIpc) is 3.34. The Morgan fingerprint density at radius 1 is 1.00 bits per heavy atom. The van der Waals surface area contributed by atoms with Crippen molar-refractivity contribution < 1.29 is 17.5 Å².